The fraction of sp³-hybridized carbons (Fsp3) is 0.424. The summed E-state index contributed by atoms with van der Waals surface area (Å²) < 4.78 is 2.31. The van der Waals surface area contributed by atoms with Gasteiger partial charge in [-0.1, -0.05) is 13.0 Å². The molecule has 4 heterocycles. The molecule has 2 fully saturated rings. The largest absolute Gasteiger partial charge is 0.327 e. The van der Waals surface area contributed by atoms with Crippen LogP contribution < -0.4 is 0 Å². The fourth-order valence-corrected chi connectivity index (χ4v) is 7.00. The third-order valence-corrected chi connectivity index (χ3v) is 9.37. The molecule has 0 radical (unpaired) electrons. The van der Waals surface area contributed by atoms with Gasteiger partial charge in [0, 0.05) is 42.9 Å². The van der Waals surface area contributed by atoms with E-state index in [9.17, 15) is 14.4 Å². The summed E-state index contributed by atoms with van der Waals surface area (Å²) in [7, 11) is 3.96. The fourth-order valence-electron chi connectivity index (χ4n) is 6.65. The average Bonchev–Trinajstić information content (AvgIpc) is 3.31. The molecule has 1 saturated carbocycles. The second-order valence-corrected chi connectivity index (χ2v) is 13.6. The SMILES string of the molecule is CC(=O)c1nn(CC(=O)N2[C@H](C(=O)Cc3nc(Br)ccc3CN(C)C)C[C@@]3(C)C[C@@H]23)c2c(C)cc(-c3cnc(C)nc3)cc12. The first-order valence-electron chi connectivity index (χ1n) is 14.8. The van der Waals surface area contributed by atoms with Gasteiger partial charge in [-0.15, -0.1) is 0 Å². The van der Waals surface area contributed by atoms with Gasteiger partial charge >= 0.3 is 0 Å². The lowest BCUT2D eigenvalue weighted by atomic mass is 9.96. The number of carbonyl (C=O) groups is 3. The van der Waals surface area contributed by atoms with Gasteiger partial charge in [0.15, 0.2) is 11.6 Å². The van der Waals surface area contributed by atoms with Crippen LogP contribution in [-0.2, 0) is 29.1 Å². The number of pyridine rings is 1. The van der Waals surface area contributed by atoms with Crippen LogP contribution >= 0.6 is 15.9 Å². The van der Waals surface area contributed by atoms with E-state index in [-0.39, 0.29) is 41.9 Å². The van der Waals surface area contributed by atoms with Gasteiger partial charge in [-0.05, 0) is 97.0 Å². The Morgan fingerprint density at radius 3 is 2.48 bits per heavy atom. The van der Waals surface area contributed by atoms with E-state index in [1.807, 2.05) is 57.1 Å². The standard InChI is InChI=1S/C33H36BrN7O3/c1-18-9-22(23-14-35-20(3)36-15-23)10-24-31(19(2)42)38-40(32(18)24)17-30(44)41-26(12-33(4)13-28(33)41)27(43)11-25-21(16-39(5)6)7-8-29(34)37-25/h7-10,14-15,26,28H,11-13,16-17H2,1-6H3/t26-,28+,33-/m0/s1. The molecule has 0 N–H and O–H groups in total. The first kappa shape index (κ1) is 30.2. The normalized spacial score (nSPS) is 20.8. The number of hydrogen-bond donors (Lipinski definition) is 0. The van der Waals surface area contributed by atoms with E-state index >= 15 is 0 Å². The van der Waals surface area contributed by atoms with Gasteiger partial charge in [-0.3, -0.25) is 19.1 Å². The lowest BCUT2D eigenvalue weighted by Gasteiger charge is -2.27. The maximum Gasteiger partial charge on any atom is 0.245 e. The number of benzene rings is 1. The number of amides is 1. The molecule has 1 amide bonds. The van der Waals surface area contributed by atoms with E-state index in [1.54, 1.807) is 22.0 Å². The highest BCUT2D eigenvalue weighted by molar-refractivity contribution is 9.10. The van der Waals surface area contributed by atoms with Gasteiger partial charge in [0.25, 0.3) is 0 Å². The van der Waals surface area contributed by atoms with Gasteiger partial charge < -0.3 is 9.80 Å². The van der Waals surface area contributed by atoms with E-state index in [0.29, 0.717) is 34.5 Å². The summed E-state index contributed by atoms with van der Waals surface area (Å²) in [6.07, 6.45) is 5.19. The van der Waals surface area contributed by atoms with Gasteiger partial charge in [-0.2, -0.15) is 5.10 Å². The van der Waals surface area contributed by atoms with Crippen LogP contribution in [0.1, 0.15) is 59.8 Å². The van der Waals surface area contributed by atoms with Crippen molar-refractivity contribution in [3.8, 4) is 11.1 Å². The molecule has 11 heteroatoms. The average molecular weight is 659 g/mol. The summed E-state index contributed by atoms with van der Waals surface area (Å²) in [5.41, 5.74) is 5.28. The van der Waals surface area contributed by atoms with Gasteiger partial charge in [0.1, 0.15) is 22.7 Å². The number of rotatable bonds is 9. The number of ketones is 2. The predicted octanol–water partition coefficient (Wildman–Crippen LogP) is 4.72. The van der Waals surface area contributed by atoms with Crippen molar-refractivity contribution in [3.05, 3.63) is 69.6 Å². The zero-order valence-corrected chi connectivity index (χ0v) is 27.5. The van der Waals surface area contributed by atoms with E-state index in [1.165, 1.54) is 6.92 Å². The van der Waals surface area contributed by atoms with Crippen molar-refractivity contribution in [1.82, 2.24) is 34.5 Å². The predicted molar refractivity (Wildman–Crippen MR) is 170 cm³/mol. The highest BCUT2D eigenvalue weighted by Crippen LogP contribution is 2.59. The molecule has 3 atom stereocenters. The summed E-state index contributed by atoms with van der Waals surface area (Å²) >= 11 is 3.45. The Bertz CT molecular complexity index is 1820. The Morgan fingerprint density at radius 2 is 1.80 bits per heavy atom. The topological polar surface area (TPSA) is 114 Å². The van der Waals surface area contributed by atoms with Crippen molar-refractivity contribution in [2.75, 3.05) is 14.1 Å². The quantitative estimate of drug-likeness (QED) is 0.188. The first-order chi connectivity index (χ1) is 20.8. The molecule has 0 unspecified atom stereocenters. The lowest BCUT2D eigenvalue weighted by Crippen LogP contribution is -2.45. The van der Waals surface area contributed by atoms with Crippen molar-refractivity contribution in [2.45, 2.75) is 72.1 Å². The van der Waals surface area contributed by atoms with Crippen LogP contribution in [0, 0.1) is 19.3 Å². The number of aromatic nitrogens is 5. The molecule has 4 aromatic rings. The summed E-state index contributed by atoms with van der Waals surface area (Å²) in [6.45, 7) is 8.02. The van der Waals surface area contributed by atoms with Gasteiger partial charge in [0.2, 0.25) is 5.91 Å². The summed E-state index contributed by atoms with van der Waals surface area (Å²) in [5, 5.41) is 5.32. The molecule has 1 aliphatic heterocycles. The number of piperidine rings is 1. The Hall–Kier alpha value is -3.83. The highest BCUT2D eigenvalue weighted by atomic mass is 79.9. The number of likely N-dealkylation sites (tertiary alicyclic amines) is 1. The molecular weight excluding hydrogens is 622 g/mol. The minimum Gasteiger partial charge on any atom is -0.327 e. The number of aryl methyl sites for hydroxylation is 2. The smallest absolute Gasteiger partial charge is 0.245 e. The zero-order chi connectivity index (χ0) is 31.5. The number of carbonyl (C=O) groups excluding carboxylic acids is 3. The van der Waals surface area contributed by atoms with Crippen molar-refractivity contribution >= 4 is 44.3 Å². The van der Waals surface area contributed by atoms with Crippen LogP contribution in [0.5, 0.6) is 0 Å². The third-order valence-electron chi connectivity index (χ3n) is 8.92. The molecule has 228 valence electrons. The maximum atomic E-state index is 14.1. The van der Waals surface area contributed by atoms with Crippen LogP contribution in [-0.4, -0.2) is 78.2 Å². The molecule has 1 aliphatic carbocycles. The summed E-state index contributed by atoms with van der Waals surface area (Å²) in [6, 6.07) is 7.28. The monoisotopic (exact) mass is 657 g/mol. The molecule has 1 saturated heterocycles. The van der Waals surface area contributed by atoms with Crippen molar-refractivity contribution in [3.63, 3.8) is 0 Å². The van der Waals surface area contributed by atoms with Crippen molar-refractivity contribution in [2.24, 2.45) is 5.41 Å². The second kappa shape index (κ2) is 11.3. The van der Waals surface area contributed by atoms with Crippen molar-refractivity contribution in [1.29, 1.82) is 0 Å². The second-order valence-electron chi connectivity index (χ2n) is 12.8. The minimum absolute atomic E-state index is 0.00623. The molecule has 44 heavy (non-hydrogen) atoms. The third kappa shape index (κ3) is 5.59. The highest BCUT2D eigenvalue weighted by Gasteiger charge is 2.64. The maximum absolute atomic E-state index is 14.1. The first-order valence-corrected chi connectivity index (χ1v) is 15.6. The molecule has 0 bridgehead atoms. The number of halogens is 1. The van der Waals surface area contributed by atoms with Crippen LogP contribution in [0.25, 0.3) is 22.0 Å². The molecule has 0 spiro atoms. The minimum atomic E-state index is -0.525. The number of nitrogens with zero attached hydrogens (tertiary/aromatic N) is 7. The molecule has 3 aromatic heterocycles. The number of Topliss-reactive ketones (excluding diaryl/α,β-unsaturated/α-hetero) is 2. The molecule has 1 aromatic carbocycles. The Kier molecular flexibility index (Phi) is 7.73. The Morgan fingerprint density at radius 1 is 1.07 bits per heavy atom. The van der Waals surface area contributed by atoms with E-state index in [4.69, 9.17) is 0 Å². The van der Waals surface area contributed by atoms with E-state index in [0.717, 1.165) is 39.9 Å². The molecule has 10 nitrogen and oxygen atoms in total. The Labute approximate surface area is 265 Å². The molecule has 2 aliphatic rings. The Balaban J connectivity index is 1.30. The lowest BCUT2D eigenvalue weighted by molar-refractivity contribution is -0.139. The van der Waals surface area contributed by atoms with Crippen LogP contribution in [0.4, 0.5) is 0 Å². The number of hydrogen-bond acceptors (Lipinski definition) is 8. The van der Waals surface area contributed by atoms with Crippen LogP contribution in [0.2, 0.25) is 0 Å². The van der Waals surface area contributed by atoms with E-state index < -0.39 is 6.04 Å². The van der Waals surface area contributed by atoms with E-state index in [2.05, 4.69) is 42.9 Å². The van der Waals surface area contributed by atoms with Crippen LogP contribution in [0.3, 0.4) is 0 Å². The number of fused-ring (bicyclic) bond motifs is 2. The van der Waals surface area contributed by atoms with Gasteiger partial charge in [-0.25, -0.2) is 15.0 Å². The van der Waals surface area contributed by atoms with Crippen LogP contribution in [0.15, 0.2) is 41.3 Å². The molecular formula is C33H36BrN7O3. The molecule has 6 rings (SSSR count). The summed E-state index contributed by atoms with van der Waals surface area (Å²) in [5.74, 6) is 0.320. The summed E-state index contributed by atoms with van der Waals surface area (Å²) in [4.78, 5) is 57.7. The van der Waals surface area contributed by atoms with Gasteiger partial charge in [0.05, 0.1) is 23.7 Å². The zero-order valence-electron chi connectivity index (χ0n) is 25.9. The van der Waals surface area contributed by atoms with Crippen molar-refractivity contribution < 1.29 is 14.4 Å².